The van der Waals surface area contributed by atoms with Gasteiger partial charge >= 0.3 is 0 Å². The van der Waals surface area contributed by atoms with Gasteiger partial charge in [0.25, 0.3) is 0 Å². The van der Waals surface area contributed by atoms with Gasteiger partial charge in [0.05, 0.1) is 24.7 Å². The molecule has 0 radical (unpaired) electrons. The van der Waals surface area contributed by atoms with Gasteiger partial charge < -0.3 is 9.64 Å². The average Bonchev–Trinajstić information content (AvgIpc) is 2.31. The quantitative estimate of drug-likeness (QED) is 0.794. The molecule has 1 amide bonds. The summed E-state index contributed by atoms with van der Waals surface area (Å²) in [6, 6.07) is 7.32. The normalized spacial score (nSPS) is 9.53. The highest BCUT2D eigenvalue weighted by molar-refractivity contribution is 5.75. The zero-order valence-corrected chi connectivity index (χ0v) is 10.4. The highest BCUT2D eigenvalue weighted by Gasteiger charge is 2.05. The summed E-state index contributed by atoms with van der Waals surface area (Å²) in [7, 11) is 3.42. The molecule has 1 aromatic carbocycles. The van der Waals surface area contributed by atoms with Crippen LogP contribution in [0.1, 0.15) is 17.5 Å². The monoisotopic (exact) mass is 232 g/mol. The van der Waals surface area contributed by atoms with Crippen LogP contribution in [0.25, 0.3) is 0 Å². The number of nitrogens with zero attached hydrogens (tertiary/aromatic N) is 2. The summed E-state index contributed by atoms with van der Waals surface area (Å²) < 4.78 is 5.50. The van der Waals surface area contributed by atoms with Crippen molar-refractivity contribution in [2.24, 2.45) is 0 Å². The lowest BCUT2D eigenvalue weighted by molar-refractivity contribution is -0.129. The number of hydrogen-bond acceptors (Lipinski definition) is 3. The lowest BCUT2D eigenvalue weighted by Crippen LogP contribution is -2.23. The first-order valence-electron chi connectivity index (χ1n) is 5.38. The third-order valence-corrected chi connectivity index (χ3v) is 2.39. The lowest BCUT2D eigenvalue weighted by Gasteiger charge is -2.12. The summed E-state index contributed by atoms with van der Waals surface area (Å²) in [5, 5.41) is 8.77. The van der Waals surface area contributed by atoms with Crippen molar-refractivity contribution in [2.45, 2.75) is 13.3 Å². The number of benzene rings is 1. The Balaban J connectivity index is 2.58. The Morgan fingerprint density at radius 2 is 2.18 bits per heavy atom. The summed E-state index contributed by atoms with van der Waals surface area (Å²) >= 11 is 0. The fraction of sp³-hybridized carbons (Fsp3) is 0.385. The zero-order valence-electron chi connectivity index (χ0n) is 10.4. The Hall–Kier alpha value is -2.02. The van der Waals surface area contributed by atoms with Crippen molar-refractivity contribution in [1.82, 2.24) is 4.90 Å². The second-order valence-electron chi connectivity index (χ2n) is 3.98. The van der Waals surface area contributed by atoms with Crippen molar-refractivity contribution < 1.29 is 9.53 Å². The fourth-order valence-electron chi connectivity index (χ4n) is 1.30. The molecular formula is C13H16N2O2. The maximum Gasteiger partial charge on any atom is 0.225 e. The molecule has 4 nitrogen and oxygen atoms in total. The molecule has 0 aromatic heterocycles. The second kappa shape index (κ2) is 5.90. The largest absolute Gasteiger partial charge is 0.493 e. The van der Waals surface area contributed by atoms with Crippen LogP contribution >= 0.6 is 0 Å². The topological polar surface area (TPSA) is 53.3 Å². The third-order valence-electron chi connectivity index (χ3n) is 2.39. The Morgan fingerprint density at radius 1 is 1.47 bits per heavy atom. The molecular weight excluding hydrogens is 216 g/mol. The van der Waals surface area contributed by atoms with E-state index in [1.807, 2.05) is 13.0 Å². The first-order valence-corrected chi connectivity index (χ1v) is 5.38. The molecule has 0 aliphatic rings. The number of amides is 1. The SMILES string of the molecule is Cc1ccc(C#N)cc1OCCC(=O)N(C)C. The van der Waals surface area contributed by atoms with Crippen LogP contribution in [0, 0.1) is 18.3 Å². The molecule has 0 saturated heterocycles. The van der Waals surface area contributed by atoms with E-state index in [9.17, 15) is 4.79 Å². The van der Waals surface area contributed by atoms with Crippen molar-refractivity contribution in [3.63, 3.8) is 0 Å². The molecule has 0 aliphatic carbocycles. The molecule has 90 valence electrons. The van der Waals surface area contributed by atoms with Crippen molar-refractivity contribution in [3.8, 4) is 11.8 Å². The van der Waals surface area contributed by atoms with Gasteiger partial charge in [-0.3, -0.25) is 4.79 Å². The number of carbonyl (C=O) groups is 1. The number of carbonyl (C=O) groups excluding carboxylic acids is 1. The molecule has 1 aromatic rings. The van der Waals surface area contributed by atoms with Crippen LogP contribution in [0.4, 0.5) is 0 Å². The first kappa shape index (κ1) is 13.0. The van der Waals surface area contributed by atoms with Gasteiger partial charge in [0, 0.05) is 14.1 Å². The Kier molecular flexibility index (Phi) is 4.53. The average molecular weight is 232 g/mol. The molecule has 0 bridgehead atoms. The Morgan fingerprint density at radius 3 is 2.76 bits per heavy atom. The third kappa shape index (κ3) is 3.80. The van der Waals surface area contributed by atoms with Crippen LogP contribution in [-0.2, 0) is 4.79 Å². The van der Waals surface area contributed by atoms with Gasteiger partial charge in [-0.15, -0.1) is 0 Å². The molecule has 0 saturated carbocycles. The van der Waals surface area contributed by atoms with Gasteiger partial charge in [-0.05, 0) is 24.6 Å². The van der Waals surface area contributed by atoms with E-state index in [1.54, 1.807) is 26.2 Å². The van der Waals surface area contributed by atoms with Crippen molar-refractivity contribution >= 4 is 5.91 Å². The van der Waals surface area contributed by atoms with Crippen molar-refractivity contribution in [3.05, 3.63) is 29.3 Å². The molecule has 0 N–H and O–H groups in total. The number of hydrogen-bond donors (Lipinski definition) is 0. The molecule has 0 unspecified atom stereocenters. The number of ether oxygens (including phenoxy) is 1. The van der Waals surface area contributed by atoms with E-state index in [0.717, 1.165) is 5.56 Å². The van der Waals surface area contributed by atoms with E-state index in [4.69, 9.17) is 10.00 Å². The van der Waals surface area contributed by atoms with Gasteiger partial charge in [-0.2, -0.15) is 5.26 Å². The highest BCUT2D eigenvalue weighted by atomic mass is 16.5. The maximum absolute atomic E-state index is 11.3. The van der Waals surface area contributed by atoms with Crippen LogP contribution in [0.3, 0.4) is 0 Å². The molecule has 17 heavy (non-hydrogen) atoms. The first-order chi connectivity index (χ1) is 8.04. The van der Waals surface area contributed by atoms with Gasteiger partial charge in [0.1, 0.15) is 5.75 Å². The number of rotatable bonds is 4. The summed E-state index contributed by atoms with van der Waals surface area (Å²) in [4.78, 5) is 12.9. The molecule has 0 fully saturated rings. The van der Waals surface area contributed by atoms with Crippen LogP contribution in [0.2, 0.25) is 0 Å². The van der Waals surface area contributed by atoms with Crippen LogP contribution in [0.5, 0.6) is 5.75 Å². The molecule has 4 heteroatoms. The fourth-order valence-corrected chi connectivity index (χ4v) is 1.30. The van der Waals surface area contributed by atoms with E-state index < -0.39 is 0 Å². The summed E-state index contributed by atoms with van der Waals surface area (Å²) in [5.74, 6) is 0.690. The minimum absolute atomic E-state index is 0.0269. The van der Waals surface area contributed by atoms with Crippen molar-refractivity contribution in [2.75, 3.05) is 20.7 Å². The van der Waals surface area contributed by atoms with Gasteiger partial charge in [0.2, 0.25) is 5.91 Å². The molecule has 1 rings (SSSR count). The standard InChI is InChI=1S/C13H16N2O2/c1-10-4-5-11(9-14)8-12(10)17-7-6-13(16)15(2)3/h4-5,8H,6-7H2,1-3H3. The van der Waals surface area contributed by atoms with E-state index in [2.05, 4.69) is 6.07 Å². The van der Waals surface area contributed by atoms with E-state index in [-0.39, 0.29) is 5.91 Å². The number of aryl methyl sites for hydroxylation is 1. The minimum atomic E-state index is 0.0269. The maximum atomic E-state index is 11.3. The van der Waals surface area contributed by atoms with Crippen LogP contribution < -0.4 is 4.74 Å². The summed E-state index contributed by atoms with van der Waals surface area (Å²) in [6.45, 7) is 2.23. The molecule has 0 atom stereocenters. The summed E-state index contributed by atoms with van der Waals surface area (Å²) in [6.07, 6.45) is 0.337. The predicted molar refractivity (Wildman–Crippen MR) is 64.7 cm³/mol. The summed E-state index contributed by atoms with van der Waals surface area (Å²) in [5.41, 5.74) is 1.52. The predicted octanol–water partition coefficient (Wildman–Crippen LogP) is 1.72. The van der Waals surface area contributed by atoms with E-state index in [0.29, 0.717) is 24.3 Å². The van der Waals surface area contributed by atoms with Gasteiger partial charge in [-0.25, -0.2) is 0 Å². The van der Waals surface area contributed by atoms with Gasteiger partial charge in [0.15, 0.2) is 0 Å². The van der Waals surface area contributed by atoms with Crippen molar-refractivity contribution in [1.29, 1.82) is 5.26 Å². The Bertz CT molecular complexity index is 447. The highest BCUT2D eigenvalue weighted by Crippen LogP contribution is 2.19. The smallest absolute Gasteiger partial charge is 0.225 e. The van der Waals surface area contributed by atoms with Crippen LogP contribution in [0.15, 0.2) is 18.2 Å². The Labute approximate surface area is 101 Å². The second-order valence-corrected chi connectivity index (χ2v) is 3.98. The van der Waals surface area contributed by atoms with Gasteiger partial charge in [-0.1, -0.05) is 6.07 Å². The van der Waals surface area contributed by atoms with E-state index >= 15 is 0 Å². The molecule has 0 aliphatic heterocycles. The lowest BCUT2D eigenvalue weighted by atomic mass is 10.1. The minimum Gasteiger partial charge on any atom is -0.493 e. The molecule has 0 spiro atoms. The number of nitriles is 1. The van der Waals surface area contributed by atoms with Crippen LogP contribution in [-0.4, -0.2) is 31.5 Å². The van der Waals surface area contributed by atoms with E-state index in [1.165, 1.54) is 4.90 Å². The molecule has 0 heterocycles. The zero-order chi connectivity index (χ0) is 12.8.